The lowest BCUT2D eigenvalue weighted by Crippen LogP contribution is -2.47. The van der Waals surface area contributed by atoms with Gasteiger partial charge in [0.05, 0.1) is 19.6 Å². The van der Waals surface area contributed by atoms with E-state index in [2.05, 4.69) is 4.74 Å². The van der Waals surface area contributed by atoms with E-state index in [0.717, 1.165) is 7.11 Å². The van der Waals surface area contributed by atoms with Gasteiger partial charge in [0, 0.05) is 6.54 Å². The molecule has 5 nitrogen and oxygen atoms in total. The van der Waals surface area contributed by atoms with Gasteiger partial charge in [-0.3, -0.25) is 9.59 Å². The van der Waals surface area contributed by atoms with Crippen LogP contribution >= 0.6 is 0 Å². The second-order valence-corrected chi connectivity index (χ2v) is 3.72. The molecule has 18 heavy (non-hydrogen) atoms. The molecule has 0 rings (SSSR count). The Labute approximate surface area is 103 Å². The number of hydrogen-bond donors (Lipinski definition) is 1. The van der Waals surface area contributed by atoms with Crippen molar-refractivity contribution in [2.45, 2.75) is 32.0 Å². The summed E-state index contributed by atoms with van der Waals surface area (Å²) in [5, 5.41) is 0. The van der Waals surface area contributed by atoms with Gasteiger partial charge in [-0.05, 0) is 6.42 Å². The Bertz CT molecular complexity index is 295. The molecule has 0 aliphatic heterocycles. The summed E-state index contributed by atoms with van der Waals surface area (Å²) in [5.41, 5.74) is 5.40. The fraction of sp³-hybridized carbons (Fsp3) is 0.800. The maximum Gasteiger partial charge on any atom is 0.406 e. The van der Waals surface area contributed by atoms with Crippen LogP contribution in [0.4, 0.5) is 13.2 Å². The summed E-state index contributed by atoms with van der Waals surface area (Å²) < 4.78 is 41.2. The summed E-state index contributed by atoms with van der Waals surface area (Å²) in [6.45, 7) is -0.191. The van der Waals surface area contributed by atoms with E-state index in [1.807, 2.05) is 0 Å². The van der Waals surface area contributed by atoms with Gasteiger partial charge in [-0.25, -0.2) is 0 Å². The third-order valence-corrected chi connectivity index (χ3v) is 2.25. The minimum atomic E-state index is -4.53. The summed E-state index contributed by atoms with van der Waals surface area (Å²) in [4.78, 5) is 23.0. The summed E-state index contributed by atoms with van der Waals surface area (Å²) in [7, 11) is 1.12. The van der Waals surface area contributed by atoms with Crippen molar-refractivity contribution in [3.8, 4) is 0 Å². The average molecular weight is 270 g/mol. The van der Waals surface area contributed by atoms with Crippen LogP contribution < -0.4 is 5.73 Å². The number of methoxy groups -OCH3 is 1. The first-order valence-corrected chi connectivity index (χ1v) is 5.39. The number of halogens is 3. The highest BCUT2D eigenvalue weighted by atomic mass is 19.4. The first-order valence-electron chi connectivity index (χ1n) is 5.39. The third-order valence-electron chi connectivity index (χ3n) is 2.25. The van der Waals surface area contributed by atoms with Crippen molar-refractivity contribution in [1.82, 2.24) is 4.90 Å². The molecule has 0 radical (unpaired) electrons. The van der Waals surface area contributed by atoms with Gasteiger partial charge in [0.15, 0.2) is 0 Å². The molecule has 0 spiro atoms. The summed E-state index contributed by atoms with van der Waals surface area (Å²) >= 11 is 0. The van der Waals surface area contributed by atoms with Gasteiger partial charge in [-0.2, -0.15) is 13.2 Å². The molecule has 8 heteroatoms. The zero-order valence-electron chi connectivity index (χ0n) is 10.3. The lowest BCUT2D eigenvalue weighted by atomic mass is 10.2. The molecule has 0 saturated heterocycles. The Kier molecular flexibility index (Phi) is 6.67. The van der Waals surface area contributed by atoms with Crippen LogP contribution in [0.15, 0.2) is 0 Å². The smallest absolute Gasteiger partial charge is 0.406 e. The maximum atomic E-state index is 12.3. The first kappa shape index (κ1) is 16.7. The van der Waals surface area contributed by atoms with Crippen LogP contribution in [-0.2, 0) is 14.3 Å². The Morgan fingerprint density at radius 1 is 1.39 bits per heavy atom. The predicted octanol–water partition coefficient (Wildman–Crippen LogP) is 0.678. The summed E-state index contributed by atoms with van der Waals surface area (Å²) in [6.07, 6.45) is -4.60. The molecular formula is C10H17F3N2O3. The normalized spacial score (nSPS) is 13.0. The third kappa shape index (κ3) is 6.43. The largest absolute Gasteiger partial charge is 0.469 e. The van der Waals surface area contributed by atoms with E-state index >= 15 is 0 Å². The van der Waals surface area contributed by atoms with Crippen molar-refractivity contribution in [3.05, 3.63) is 0 Å². The summed E-state index contributed by atoms with van der Waals surface area (Å²) in [5.74, 6) is -1.50. The molecule has 2 N–H and O–H groups in total. The second-order valence-electron chi connectivity index (χ2n) is 3.72. The van der Waals surface area contributed by atoms with E-state index in [4.69, 9.17) is 5.73 Å². The first-order chi connectivity index (χ1) is 8.21. The minimum absolute atomic E-state index is 0.228. The number of ether oxygens (including phenoxy) is 1. The molecule has 0 saturated carbocycles. The number of nitrogens with two attached hydrogens (primary N) is 1. The molecule has 0 aromatic carbocycles. The standard InChI is InChI=1S/C10H17F3N2O3/c1-3-7(14)9(17)15(6-10(11,12)13)5-4-8(16)18-2/h7H,3-6,14H2,1-2H3/t7-/m1/s1. The van der Waals surface area contributed by atoms with Crippen LogP contribution in [0.25, 0.3) is 0 Å². The molecule has 1 atom stereocenters. The number of carbonyl (C=O) groups excluding carboxylic acids is 2. The van der Waals surface area contributed by atoms with Gasteiger partial charge in [0.25, 0.3) is 0 Å². The Balaban J connectivity index is 4.62. The molecule has 0 unspecified atom stereocenters. The van der Waals surface area contributed by atoms with Gasteiger partial charge >= 0.3 is 12.1 Å². The van der Waals surface area contributed by atoms with Crippen LogP contribution in [0.3, 0.4) is 0 Å². The zero-order valence-corrected chi connectivity index (χ0v) is 10.3. The fourth-order valence-corrected chi connectivity index (χ4v) is 1.22. The number of esters is 1. The molecule has 0 fully saturated rings. The SMILES string of the molecule is CC[C@@H](N)C(=O)N(CCC(=O)OC)CC(F)(F)F. The average Bonchev–Trinajstić information content (AvgIpc) is 2.30. The van der Waals surface area contributed by atoms with E-state index in [1.165, 1.54) is 0 Å². The van der Waals surface area contributed by atoms with Crippen LogP contribution in [0.5, 0.6) is 0 Å². The van der Waals surface area contributed by atoms with Crippen molar-refractivity contribution < 1.29 is 27.5 Å². The lowest BCUT2D eigenvalue weighted by molar-refractivity contribution is -0.163. The van der Waals surface area contributed by atoms with Crippen molar-refractivity contribution in [3.63, 3.8) is 0 Å². The van der Waals surface area contributed by atoms with Crippen LogP contribution in [-0.4, -0.2) is 49.2 Å². The molecule has 0 aliphatic carbocycles. The van der Waals surface area contributed by atoms with Crippen molar-refractivity contribution in [2.24, 2.45) is 5.73 Å². The van der Waals surface area contributed by atoms with E-state index in [-0.39, 0.29) is 19.4 Å². The van der Waals surface area contributed by atoms with E-state index < -0.39 is 30.6 Å². The minimum Gasteiger partial charge on any atom is -0.469 e. The van der Waals surface area contributed by atoms with E-state index in [0.29, 0.717) is 4.90 Å². The number of hydrogen-bond acceptors (Lipinski definition) is 4. The monoisotopic (exact) mass is 270 g/mol. The number of nitrogens with zero attached hydrogens (tertiary/aromatic N) is 1. The van der Waals surface area contributed by atoms with Gasteiger partial charge < -0.3 is 15.4 Å². The van der Waals surface area contributed by atoms with Gasteiger partial charge in [0.2, 0.25) is 5.91 Å². The second kappa shape index (κ2) is 7.20. The van der Waals surface area contributed by atoms with Crippen LogP contribution in [0.2, 0.25) is 0 Å². The topological polar surface area (TPSA) is 72.6 Å². The number of carbonyl (C=O) groups is 2. The van der Waals surface area contributed by atoms with Crippen molar-refractivity contribution in [1.29, 1.82) is 0 Å². The number of rotatable bonds is 6. The molecule has 0 bridgehead atoms. The highest BCUT2D eigenvalue weighted by Gasteiger charge is 2.34. The summed E-state index contributed by atoms with van der Waals surface area (Å²) in [6, 6.07) is -0.995. The quantitative estimate of drug-likeness (QED) is 0.720. The lowest BCUT2D eigenvalue weighted by Gasteiger charge is -2.25. The van der Waals surface area contributed by atoms with Crippen LogP contribution in [0, 0.1) is 0 Å². The highest BCUT2D eigenvalue weighted by molar-refractivity contribution is 5.82. The molecule has 0 aliphatic rings. The molecular weight excluding hydrogens is 253 g/mol. The van der Waals surface area contributed by atoms with Crippen molar-refractivity contribution in [2.75, 3.05) is 20.2 Å². The molecule has 0 heterocycles. The maximum absolute atomic E-state index is 12.3. The van der Waals surface area contributed by atoms with Crippen molar-refractivity contribution >= 4 is 11.9 Å². The van der Waals surface area contributed by atoms with E-state index in [1.54, 1.807) is 6.92 Å². The Morgan fingerprint density at radius 3 is 2.33 bits per heavy atom. The predicted molar refractivity (Wildman–Crippen MR) is 57.5 cm³/mol. The molecule has 106 valence electrons. The fourth-order valence-electron chi connectivity index (χ4n) is 1.22. The highest BCUT2D eigenvalue weighted by Crippen LogP contribution is 2.17. The molecule has 0 aromatic heterocycles. The number of alkyl halides is 3. The molecule has 1 amide bonds. The Hall–Kier alpha value is -1.31. The molecule has 0 aromatic rings. The van der Waals surface area contributed by atoms with Gasteiger partial charge in [0.1, 0.15) is 6.54 Å². The van der Waals surface area contributed by atoms with Crippen LogP contribution in [0.1, 0.15) is 19.8 Å². The van der Waals surface area contributed by atoms with E-state index in [9.17, 15) is 22.8 Å². The Morgan fingerprint density at radius 2 is 1.94 bits per heavy atom. The number of amides is 1. The van der Waals surface area contributed by atoms with Gasteiger partial charge in [-0.1, -0.05) is 6.92 Å². The van der Waals surface area contributed by atoms with Gasteiger partial charge in [-0.15, -0.1) is 0 Å². The zero-order chi connectivity index (χ0) is 14.3.